The summed E-state index contributed by atoms with van der Waals surface area (Å²) >= 11 is 8.63. The Hall–Kier alpha value is -3.86. The van der Waals surface area contributed by atoms with Crippen LogP contribution in [0.4, 0.5) is 0 Å². The van der Waals surface area contributed by atoms with Crippen LogP contribution in [0.25, 0.3) is 87.6 Å². The molecule has 4 nitrogen and oxygen atoms in total. The molecule has 0 aromatic heterocycles. The molecule has 0 amide bonds. The summed E-state index contributed by atoms with van der Waals surface area (Å²) in [5.41, 5.74) is 6.69. The van der Waals surface area contributed by atoms with Crippen molar-refractivity contribution in [2.45, 2.75) is 0 Å². The molecule has 0 saturated carbocycles. The number of hydrogen-bond donors (Lipinski definition) is 4. The van der Waals surface area contributed by atoms with Crippen molar-refractivity contribution < 1.29 is 20.4 Å². The van der Waals surface area contributed by atoms with Gasteiger partial charge in [0.15, 0.2) is 0 Å². The lowest BCUT2D eigenvalue weighted by molar-refractivity contribution is 0.466. The number of phenols is 4. The largest absolute Gasteiger partial charge is 0.506 e. The molecule has 9 aromatic rings. The number of rotatable bonds is 4. The maximum absolute atomic E-state index is 11.4. The fourth-order valence-corrected chi connectivity index (χ4v) is 9.98. The monoisotopic (exact) mass is 1150 g/mol. The van der Waals surface area contributed by atoms with E-state index in [2.05, 4.69) is 139 Å². The van der Waals surface area contributed by atoms with Gasteiger partial charge in [-0.05, 0) is 192 Å². The molecule has 0 radical (unpaired) electrons. The average molecular weight is 1150 g/mol. The van der Waals surface area contributed by atoms with Gasteiger partial charge in [0.05, 0.1) is 14.3 Å². The number of benzene rings is 9. The van der Waals surface area contributed by atoms with Crippen molar-refractivity contribution in [3.8, 4) is 67.5 Å². The Morgan fingerprint density at radius 1 is 0.278 bits per heavy atom. The smallest absolute Gasteiger partial charge is 0.137 e. The topological polar surface area (TPSA) is 80.9 Å². The maximum Gasteiger partial charge on any atom is 0.137 e. The Morgan fingerprint density at radius 2 is 0.556 bits per heavy atom. The van der Waals surface area contributed by atoms with E-state index < -0.39 is 0 Å². The summed E-state index contributed by atoms with van der Waals surface area (Å²) in [6.07, 6.45) is 0. The Kier molecular flexibility index (Phi) is 9.30. The molecule has 0 aliphatic heterocycles. The summed E-state index contributed by atoms with van der Waals surface area (Å²) in [6.45, 7) is 0. The first-order valence-electron chi connectivity index (χ1n) is 16.9. The Bertz CT molecular complexity index is 2820. The molecule has 0 bridgehead atoms. The Labute approximate surface area is 365 Å². The van der Waals surface area contributed by atoms with Crippen LogP contribution >= 0.6 is 90.4 Å². The van der Waals surface area contributed by atoms with Gasteiger partial charge < -0.3 is 20.4 Å². The molecule has 9 aromatic carbocycles. The van der Waals surface area contributed by atoms with Crippen LogP contribution in [0.1, 0.15) is 0 Å². The molecule has 0 atom stereocenters. The molecular formula is C46H26I4O4. The van der Waals surface area contributed by atoms with E-state index in [0.29, 0.717) is 29.4 Å². The van der Waals surface area contributed by atoms with Crippen LogP contribution in [0.15, 0.2) is 133 Å². The zero-order valence-electron chi connectivity index (χ0n) is 28.0. The van der Waals surface area contributed by atoms with Crippen molar-refractivity contribution in [3.05, 3.63) is 148 Å². The van der Waals surface area contributed by atoms with E-state index in [4.69, 9.17) is 0 Å². The zero-order chi connectivity index (χ0) is 37.4. The second kappa shape index (κ2) is 14.0. The molecule has 54 heavy (non-hydrogen) atoms. The predicted octanol–water partition coefficient (Wildman–Crippen LogP) is 14.2. The van der Waals surface area contributed by atoms with Crippen LogP contribution in [0.3, 0.4) is 0 Å². The quantitative estimate of drug-likeness (QED) is 0.132. The molecule has 0 saturated heterocycles. The molecule has 8 heteroatoms. The summed E-state index contributed by atoms with van der Waals surface area (Å²) in [6, 6.07) is 44.7. The molecule has 4 N–H and O–H groups in total. The van der Waals surface area contributed by atoms with Crippen molar-refractivity contribution in [1.29, 1.82) is 0 Å². The number of halogens is 4. The van der Waals surface area contributed by atoms with Crippen LogP contribution in [0.5, 0.6) is 23.0 Å². The van der Waals surface area contributed by atoms with Crippen LogP contribution in [0.2, 0.25) is 0 Å². The lowest BCUT2D eigenvalue weighted by atomic mass is 9.90. The first kappa shape index (κ1) is 35.8. The van der Waals surface area contributed by atoms with Crippen molar-refractivity contribution in [2.75, 3.05) is 0 Å². The lowest BCUT2D eigenvalue weighted by Crippen LogP contribution is -1.92. The first-order valence-corrected chi connectivity index (χ1v) is 21.2. The molecule has 0 aliphatic carbocycles. The summed E-state index contributed by atoms with van der Waals surface area (Å²) < 4.78 is 2.86. The van der Waals surface area contributed by atoms with Gasteiger partial charge in [0.1, 0.15) is 23.0 Å². The highest BCUT2D eigenvalue weighted by atomic mass is 127. The normalized spacial score (nSPS) is 11.6. The van der Waals surface area contributed by atoms with Crippen molar-refractivity contribution in [2.24, 2.45) is 0 Å². The minimum atomic E-state index is 0.152. The minimum absolute atomic E-state index is 0.152. The van der Waals surface area contributed by atoms with E-state index in [-0.39, 0.29) is 23.0 Å². The fraction of sp³-hybridized carbons (Fsp3) is 0. The highest BCUT2D eigenvalue weighted by Crippen LogP contribution is 2.50. The summed E-state index contributed by atoms with van der Waals surface area (Å²) in [5, 5.41) is 53.0. The van der Waals surface area contributed by atoms with Gasteiger partial charge in [-0.2, -0.15) is 0 Å². The van der Waals surface area contributed by atoms with Crippen LogP contribution in [-0.2, 0) is 0 Å². The van der Waals surface area contributed by atoms with Gasteiger partial charge in [-0.1, -0.05) is 97.1 Å². The summed E-state index contributed by atoms with van der Waals surface area (Å²) in [7, 11) is 0. The van der Waals surface area contributed by atoms with E-state index in [0.717, 1.165) is 72.5 Å². The average Bonchev–Trinajstić information content (AvgIpc) is 3.18. The van der Waals surface area contributed by atoms with Gasteiger partial charge in [-0.15, -0.1) is 0 Å². The maximum atomic E-state index is 11.4. The van der Waals surface area contributed by atoms with Crippen molar-refractivity contribution in [3.63, 3.8) is 0 Å². The van der Waals surface area contributed by atoms with E-state index in [9.17, 15) is 20.4 Å². The molecular weight excluding hydrogens is 1120 g/mol. The second-order valence-electron chi connectivity index (χ2n) is 13.2. The van der Waals surface area contributed by atoms with Gasteiger partial charge in [-0.3, -0.25) is 0 Å². The van der Waals surface area contributed by atoms with E-state index >= 15 is 0 Å². The van der Waals surface area contributed by atoms with Crippen molar-refractivity contribution >= 4 is 133 Å². The highest BCUT2D eigenvalue weighted by Gasteiger charge is 2.23. The van der Waals surface area contributed by atoms with E-state index in [1.54, 1.807) is 0 Å². The molecule has 0 aliphatic rings. The van der Waals surface area contributed by atoms with Gasteiger partial charge in [-0.25, -0.2) is 0 Å². The standard InChI is InChI=1S/C46H26I4O4/c47-35-19-27-5-1-3-7-31(27)39(43(35)51)41-33-15-13-25(17-29(33)21-37(49)45(41)53)23-9-11-24(12-10-23)26-14-16-34-30(18-26)22-38(50)46(54)42(34)40-32-8-4-2-6-28(32)20-36(48)44(40)52/h1-22,51-54H. The van der Waals surface area contributed by atoms with Gasteiger partial charge >= 0.3 is 0 Å². The Balaban J connectivity index is 1.12. The SMILES string of the molecule is Oc1c(I)cc2ccccc2c1-c1c(O)c(I)cc2cc(-c3ccc(-c4ccc5c(-c6c(O)c(I)cc7ccccc67)c(O)c(I)cc5c4)cc3)ccc12. The van der Waals surface area contributed by atoms with Gasteiger partial charge in [0.25, 0.3) is 0 Å². The second-order valence-corrected chi connectivity index (χ2v) is 17.9. The predicted molar refractivity (Wildman–Crippen MR) is 256 cm³/mol. The number of fused-ring (bicyclic) bond motifs is 4. The highest BCUT2D eigenvalue weighted by molar-refractivity contribution is 14.1. The summed E-state index contributed by atoms with van der Waals surface area (Å²) in [4.78, 5) is 0. The van der Waals surface area contributed by atoms with Crippen LogP contribution in [0, 0.1) is 14.3 Å². The molecule has 262 valence electrons. The zero-order valence-corrected chi connectivity index (χ0v) is 36.6. The number of hydrogen-bond acceptors (Lipinski definition) is 4. The van der Waals surface area contributed by atoms with Crippen LogP contribution in [-0.4, -0.2) is 20.4 Å². The van der Waals surface area contributed by atoms with Crippen LogP contribution < -0.4 is 0 Å². The van der Waals surface area contributed by atoms with E-state index in [1.165, 1.54) is 0 Å². The fourth-order valence-electron chi connectivity index (χ4n) is 7.55. The molecule has 0 unspecified atom stereocenters. The third kappa shape index (κ3) is 5.95. The van der Waals surface area contributed by atoms with Gasteiger partial charge in [0, 0.05) is 22.3 Å². The Morgan fingerprint density at radius 3 is 0.907 bits per heavy atom. The number of phenolic OH excluding ortho intramolecular Hbond substituents is 4. The van der Waals surface area contributed by atoms with Gasteiger partial charge in [0.2, 0.25) is 0 Å². The molecule has 0 fully saturated rings. The van der Waals surface area contributed by atoms with Crippen molar-refractivity contribution in [1.82, 2.24) is 0 Å². The number of aromatic hydroxyl groups is 4. The van der Waals surface area contributed by atoms with E-state index in [1.807, 2.05) is 84.9 Å². The molecule has 0 spiro atoms. The molecule has 9 rings (SSSR count). The third-order valence-electron chi connectivity index (χ3n) is 10.1. The third-order valence-corrected chi connectivity index (χ3v) is 13.4. The first-order chi connectivity index (χ1) is 26.1. The summed E-state index contributed by atoms with van der Waals surface area (Å²) in [5.74, 6) is 0.619. The minimum Gasteiger partial charge on any atom is -0.506 e. The lowest BCUT2D eigenvalue weighted by Gasteiger charge is -2.17. The molecule has 0 heterocycles.